The van der Waals surface area contributed by atoms with Crippen molar-refractivity contribution < 1.29 is 5.11 Å². The lowest BCUT2D eigenvalue weighted by Gasteiger charge is -2.30. The Morgan fingerprint density at radius 2 is 1.64 bits per heavy atom. The summed E-state index contributed by atoms with van der Waals surface area (Å²) in [6, 6.07) is 19.8. The SMILES string of the molecule is CC[C@@H](NCc1ccccc1CN1CCC(O)CC1)c1ccccc1. The van der Waals surface area contributed by atoms with E-state index in [0.29, 0.717) is 6.04 Å². The van der Waals surface area contributed by atoms with Gasteiger partial charge in [-0.2, -0.15) is 0 Å². The minimum Gasteiger partial charge on any atom is -0.393 e. The number of hydrogen-bond donors (Lipinski definition) is 2. The van der Waals surface area contributed by atoms with Gasteiger partial charge in [-0.15, -0.1) is 0 Å². The molecule has 3 heteroatoms. The summed E-state index contributed by atoms with van der Waals surface area (Å²) in [4.78, 5) is 2.46. The van der Waals surface area contributed by atoms with Crippen LogP contribution in [0.1, 0.15) is 48.9 Å². The number of hydrogen-bond acceptors (Lipinski definition) is 3. The second-order valence-electron chi connectivity index (χ2n) is 7.03. The van der Waals surface area contributed by atoms with Crippen molar-refractivity contribution in [2.24, 2.45) is 0 Å². The Hall–Kier alpha value is -1.68. The third-order valence-electron chi connectivity index (χ3n) is 5.22. The van der Waals surface area contributed by atoms with Crippen molar-refractivity contribution in [1.29, 1.82) is 0 Å². The maximum Gasteiger partial charge on any atom is 0.0564 e. The molecule has 0 bridgehead atoms. The molecule has 1 aliphatic heterocycles. The van der Waals surface area contributed by atoms with E-state index < -0.39 is 0 Å². The zero-order valence-corrected chi connectivity index (χ0v) is 15.2. The molecule has 3 rings (SSSR count). The van der Waals surface area contributed by atoms with E-state index >= 15 is 0 Å². The number of nitrogens with one attached hydrogen (secondary N) is 1. The van der Waals surface area contributed by atoms with Crippen LogP contribution in [-0.2, 0) is 13.1 Å². The quantitative estimate of drug-likeness (QED) is 0.804. The fourth-order valence-corrected chi connectivity index (χ4v) is 3.62. The predicted molar refractivity (Wildman–Crippen MR) is 103 cm³/mol. The molecule has 134 valence electrons. The molecule has 2 aromatic rings. The molecule has 0 aromatic heterocycles. The van der Waals surface area contributed by atoms with Crippen LogP contribution >= 0.6 is 0 Å². The molecule has 1 atom stereocenters. The van der Waals surface area contributed by atoms with Crippen LogP contribution in [0.2, 0.25) is 0 Å². The van der Waals surface area contributed by atoms with Crippen molar-refractivity contribution in [2.75, 3.05) is 13.1 Å². The van der Waals surface area contributed by atoms with Crippen LogP contribution in [0.3, 0.4) is 0 Å². The lowest BCUT2D eigenvalue weighted by atomic mass is 10.0. The fourth-order valence-electron chi connectivity index (χ4n) is 3.62. The Morgan fingerprint density at radius 1 is 1.00 bits per heavy atom. The average Bonchev–Trinajstić information content (AvgIpc) is 2.66. The first-order valence-corrected chi connectivity index (χ1v) is 9.51. The largest absolute Gasteiger partial charge is 0.393 e. The molecule has 2 N–H and O–H groups in total. The van der Waals surface area contributed by atoms with Crippen LogP contribution in [-0.4, -0.2) is 29.2 Å². The Kier molecular flexibility index (Phi) is 6.62. The first-order valence-electron chi connectivity index (χ1n) is 9.51. The molecular weight excluding hydrogens is 308 g/mol. The predicted octanol–water partition coefficient (Wildman–Crippen LogP) is 3.88. The lowest BCUT2D eigenvalue weighted by Crippen LogP contribution is -2.35. The van der Waals surface area contributed by atoms with Gasteiger partial charge in [-0.1, -0.05) is 61.5 Å². The summed E-state index contributed by atoms with van der Waals surface area (Å²) < 4.78 is 0. The summed E-state index contributed by atoms with van der Waals surface area (Å²) >= 11 is 0. The van der Waals surface area contributed by atoms with Crippen molar-refractivity contribution in [3.8, 4) is 0 Å². The molecule has 25 heavy (non-hydrogen) atoms. The maximum atomic E-state index is 9.69. The van der Waals surface area contributed by atoms with Crippen LogP contribution in [0.25, 0.3) is 0 Å². The van der Waals surface area contributed by atoms with Gasteiger partial charge in [0.15, 0.2) is 0 Å². The molecule has 2 aromatic carbocycles. The standard InChI is InChI=1S/C22H30N2O/c1-2-22(18-8-4-3-5-9-18)23-16-19-10-6-7-11-20(19)17-24-14-12-21(25)13-15-24/h3-11,21-23,25H,2,12-17H2,1H3/t22-/m1/s1. The third kappa shape index (κ3) is 5.15. The van der Waals surface area contributed by atoms with Crippen molar-refractivity contribution in [1.82, 2.24) is 10.2 Å². The smallest absolute Gasteiger partial charge is 0.0564 e. The van der Waals surface area contributed by atoms with Crippen molar-refractivity contribution >= 4 is 0 Å². The van der Waals surface area contributed by atoms with E-state index in [4.69, 9.17) is 0 Å². The highest BCUT2D eigenvalue weighted by atomic mass is 16.3. The normalized spacial score (nSPS) is 17.5. The van der Waals surface area contributed by atoms with Crippen molar-refractivity contribution in [3.05, 3.63) is 71.3 Å². The molecule has 1 aliphatic rings. The van der Waals surface area contributed by atoms with Gasteiger partial charge in [0.05, 0.1) is 6.10 Å². The van der Waals surface area contributed by atoms with E-state index in [1.54, 1.807) is 0 Å². The van der Waals surface area contributed by atoms with Gasteiger partial charge in [-0.25, -0.2) is 0 Å². The van der Waals surface area contributed by atoms with E-state index in [-0.39, 0.29) is 6.10 Å². The zero-order chi connectivity index (χ0) is 17.5. The highest BCUT2D eigenvalue weighted by Crippen LogP contribution is 2.20. The van der Waals surface area contributed by atoms with Crippen LogP contribution < -0.4 is 5.32 Å². The molecule has 0 aliphatic carbocycles. The average molecular weight is 338 g/mol. The topological polar surface area (TPSA) is 35.5 Å². The lowest BCUT2D eigenvalue weighted by molar-refractivity contribution is 0.0791. The number of piperidine rings is 1. The molecule has 1 fully saturated rings. The summed E-state index contributed by atoms with van der Waals surface area (Å²) in [5.41, 5.74) is 4.13. The van der Waals surface area contributed by atoms with E-state index in [2.05, 4.69) is 71.7 Å². The first-order chi connectivity index (χ1) is 12.3. The summed E-state index contributed by atoms with van der Waals surface area (Å²) in [5, 5.41) is 13.4. The zero-order valence-electron chi connectivity index (χ0n) is 15.2. The second-order valence-corrected chi connectivity index (χ2v) is 7.03. The minimum absolute atomic E-state index is 0.107. The van der Waals surface area contributed by atoms with Crippen LogP contribution in [0.5, 0.6) is 0 Å². The van der Waals surface area contributed by atoms with Gasteiger partial charge in [0.25, 0.3) is 0 Å². The monoisotopic (exact) mass is 338 g/mol. The molecule has 0 unspecified atom stereocenters. The highest BCUT2D eigenvalue weighted by Gasteiger charge is 2.18. The Labute approximate surface area is 151 Å². The number of aliphatic hydroxyl groups excluding tert-OH is 1. The maximum absolute atomic E-state index is 9.69. The number of likely N-dealkylation sites (tertiary alicyclic amines) is 1. The molecule has 0 saturated carbocycles. The van der Waals surface area contributed by atoms with E-state index in [0.717, 1.165) is 45.4 Å². The summed E-state index contributed by atoms with van der Waals surface area (Å²) in [7, 11) is 0. The van der Waals surface area contributed by atoms with Gasteiger partial charge in [0.1, 0.15) is 0 Å². The van der Waals surface area contributed by atoms with Gasteiger partial charge >= 0.3 is 0 Å². The fraction of sp³-hybridized carbons (Fsp3) is 0.455. The number of benzene rings is 2. The van der Waals surface area contributed by atoms with Gasteiger partial charge in [0.2, 0.25) is 0 Å². The summed E-state index contributed by atoms with van der Waals surface area (Å²) in [5.74, 6) is 0. The minimum atomic E-state index is -0.107. The summed E-state index contributed by atoms with van der Waals surface area (Å²) in [6.45, 7) is 6.08. The molecule has 0 radical (unpaired) electrons. The first kappa shape index (κ1) is 18.1. The summed E-state index contributed by atoms with van der Waals surface area (Å²) in [6.07, 6.45) is 2.76. The van der Waals surface area contributed by atoms with E-state index in [1.165, 1.54) is 16.7 Å². The molecule has 1 saturated heterocycles. The van der Waals surface area contributed by atoms with Crippen LogP contribution in [0.15, 0.2) is 54.6 Å². The van der Waals surface area contributed by atoms with Crippen LogP contribution in [0, 0.1) is 0 Å². The Bertz CT molecular complexity index is 635. The number of rotatable bonds is 7. The third-order valence-corrected chi connectivity index (χ3v) is 5.22. The highest BCUT2D eigenvalue weighted by molar-refractivity contribution is 5.27. The van der Waals surface area contributed by atoms with Crippen molar-refractivity contribution in [2.45, 2.75) is 51.4 Å². The van der Waals surface area contributed by atoms with E-state index in [1.807, 2.05) is 0 Å². The molecular formula is C22H30N2O. The number of aliphatic hydroxyl groups is 1. The molecule has 3 nitrogen and oxygen atoms in total. The van der Waals surface area contributed by atoms with Gasteiger partial charge < -0.3 is 10.4 Å². The molecule has 0 amide bonds. The van der Waals surface area contributed by atoms with Gasteiger partial charge in [-0.3, -0.25) is 4.90 Å². The second kappa shape index (κ2) is 9.14. The molecule has 0 spiro atoms. The molecule has 1 heterocycles. The van der Waals surface area contributed by atoms with Crippen LogP contribution in [0.4, 0.5) is 0 Å². The van der Waals surface area contributed by atoms with Gasteiger partial charge in [0, 0.05) is 32.2 Å². The Morgan fingerprint density at radius 3 is 2.32 bits per heavy atom. The Balaban J connectivity index is 1.62. The number of nitrogens with zero attached hydrogens (tertiary/aromatic N) is 1. The van der Waals surface area contributed by atoms with Gasteiger partial charge in [-0.05, 0) is 36.0 Å². The van der Waals surface area contributed by atoms with E-state index in [9.17, 15) is 5.11 Å². The van der Waals surface area contributed by atoms with Crippen molar-refractivity contribution in [3.63, 3.8) is 0 Å².